The molecule has 2 aromatic rings. The van der Waals surface area contributed by atoms with Crippen LogP contribution in [-0.4, -0.2) is 4.98 Å². The first kappa shape index (κ1) is 12.7. The van der Waals surface area contributed by atoms with Crippen LogP contribution in [0.5, 0.6) is 0 Å². The van der Waals surface area contributed by atoms with Gasteiger partial charge in [-0.1, -0.05) is 28.1 Å². The summed E-state index contributed by atoms with van der Waals surface area (Å²) in [4.78, 5) is 5.56. The third-order valence-electron chi connectivity index (χ3n) is 2.68. The Hall–Kier alpha value is -0.710. The maximum atomic E-state index is 4.24. The van der Waals surface area contributed by atoms with Crippen molar-refractivity contribution in [3.8, 4) is 0 Å². The average Bonchev–Trinajstić information content (AvgIpc) is 2.70. The van der Waals surface area contributed by atoms with Gasteiger partial charge in [0, 0.05) is 22.4 Å². The van der Waals surface area contributed by atoms with Gasteiger partial charge in [0.1, 0.15) is 0 Å². The Kier molecular flexibility index (Phi) is 4.31. The number of hydrogen-bond donors (Lipinski definition) is 1. The summed E-state index contributed by atoms with van der Waals surface area (Å²) >= 11 is 5.22. The maximum Gasteiger partial charge on any atom is 0.0798 e. The smallest absolute Gasteiger partial charge is 0.0798 e. The van der Waals surface area contributed by atoms with Crippen LogP contribution >= 0.6 is 27.3 Å². The van der Waals surface area contributed by atoms with E-state index in [9.17, 15) is 0 Å². The van der Waals surface area contributed by atoms with Crippen molar-refractivity contribution in [2.45, 2.75) is 26.9 Å². The van der Waals surface area contributed by atoms with Gasteiger partial charge in [0.25, 0.3) is 0 Å². The Morgan fingerprint density at radius 3 is 2.76 bits per heavy atom. The summed E-state index contributed by atoms with van der Waals surface area (Å²) in [6, 6.07) is 6.45. The summed E-state index contributed by atoms with van der Waals surface area (Å²) in [6.45, 7) is 5.95. The van der Waals surface area contributed by atoms with E-state index in [-0.39, 0.29) is 0 Å². The molecule has 0 fully saturated rings. The molecule has 17 heavy (non-hydrogen) atoms. The quantitative estimate of drug-likeness (QED) is 0.928. The van der Waals surface area contributed by atoms with Gasteiger partial charge in [0.2, 0.25) is 0 Å². The number of rotatable bonds is 4. The second-order valence-electron chi connectivity index (χ2n) is 4.05. The first-order valence-corrected chi connectivity index (χ1v) is 7.19. The van der Waals surface area contributed by atoms with Crippen LogP contribution in [0, 0.1) is 13.8 Å². The number of aryl methyl sites for hydroxylation is 2. The van der Waals surface area contributed by atoms with Gasteiger partial charge in [0.05, 0.1) is 11.2 Å². The molecule has 0 amide bonds. The van der Waals surface area contributed by atoms with E-state index in [2.05, 4.69) is 58.3 Å². The van der Waals surface area contributed by atoms with Crippen LogP contribution in [-0.2, 0) is 13.1 Å². The lowest BCUT2D eigenvalue weighted by Crippen LogP contribution is -2.12. The van der Waals surface area contributed by atoms with Crippen LogP contribution in [0.4, 0.5) is 0 Å². The Morgan fingerprint density at radius 1 is 1.29 bits per heavy atom. The summed E-state index contributed by atoms with van der Waals surface area (Å²) < 4.78 is 1.17. The van der Waals surface area contributed by atoms with Crippen molar-refractivity contribution in [3.05, 3.63) is 49.9 Å². The highest BCUT2D eigenvalue weighted by molar-refractivity contribution is 9.10. The SMILES string of the molecule is Cc1cc(CNCc2scnc2C)ccc1Br. The summed E-state index contributed by atoms with van der Waals surface area (Å²) in [5.74, 6) is 0. The third-order valence-corrected chi connectivity index (χ3v) is 4.51. The van der Waals surface area contributed by atoms with E-state index < -0.39 is 0 Å². The molecule has 1 aromatic carbocycles. The number of thiazole rings is 1. The van der Waals surface area contributed by atoms with E-state index in [0.29, 0.717) is 0 Å². The molecule has 0 bridgehead atoms. The molecule has 0 aliphatic heterocycles. The molecule has 1 heterocycles. The molecule has 90 valence electrons. The molecule has 0 unspecified atom stereocenters. The largest absolute Gasteiger partial charge is 0.308 e. The highest BCUT2D eigenvalue weighted by Gasteiger charge is 2.01. The average molecular weight is 311 g/mol. The molecule has 0 aliphatic rings. The molecule has 0 aliphatic carbocycles. The molecule has 0 radical (unpaired) electrons. The monoisotopic (exact) mass is 310 g/mol. The first-order chi connectivity index (χ1) is 8.16. The predicted octanol–water partition coefficient (Wildman–Crippen LogP) is 3.81. The fraction of sp³-hybridized carbons (Fsp3) is 0.308. The Morgan fingerprint density at radius 2 is 2.12 bits per heavy atom. The van der Waals surface area contributed by atoms with E-state index >= 15 is 0 Å². The Bertz CT molecular complexity index is 508. The van der Waals surface area contributed by atoms with Crippen molar-refractivity contribution in [2.24, 2.45) is 0 Å². The van der Waals surface area contributed by atoms with Gasteiger partial charge in [-0.2, -0.15) is 0 Å². The van der Waals surface area contributed by atoms with Crippen LogP contribution in [0.2, 0.25) is 0 Å². The molecule has 2 rings (SSSR count). The second kappa shape index (κ2) is 5.76. The number of benzene rings is 1. The lowest BCUT2D eigenvalue weighted by molar-refractivity contribution is 0.696. The lowest BCUT2D eigenvalue weighted by atomic mass is 10.1. The van der Waals surface area contributed by atoms with Crippen molar-refractivity contribution >= 4 is 27.3 Å². The molecule has 0 saturated carbocycles. The van der Waals surface area contributed by atoms with Gasteiger partial charge < -0.3 is 5.32 Å². The zero-order valence-electron chi connectivity index (χ0n) is 9.96. The Balaban J connectivity index is 1.90. The van der Waals surface area contributed by atoms with Crippen LogP contribution in [0.25, 0.3) is 0 Å². The van der Waals surface area contributed by atoms with Gasteiger partial charge >= 0.3 is 0 Å². The second-order valence-corrected chi connectivity index (χ2v) is 5.84. The summed E-state index contributed by atoms with van der Waals surface area (Å²) in [5.41, 5.74) is 5.62. The molecule has 0 atom stereocenters. The number of hydrogen-bond acceptors (Lipinski definition) is 3. The van der Waals surface area contributed by atoms with Crippen LogP contribution in [0.15, 0.2) is 28.2 Å². The fourth-order valence-corrected chi connectivity index (χ4v) is 2.63. The van der Waals surface area contributed by atoms with Gasteiger partial charge in [-0.25, -0.2) is 4.98 Å². The first-order valence-electron chi connectivity index (χ1n) is 5.51. The number of aromatic nitrogens is 1. The number of nitrogens with one attached hydrogen (secondary N) is 1. The zero-order valence-corrected chi connectivity index (χ0v) is 12.4. The predicted molar refractivity (Wildman–Crippen MR) is 76.3 cm³/mol. The normalized spacial score (nSPS) is 10.8. The fourth-order valence-electron chi connectivity index (χ4n) is 1.63. The number of nitrogens with zero attached hydrogens (tertiary/aromatic N) is 1. The minimum atomic E-state index is 0.894. The molecular weight excluding hydrogens is 296 g/mol. The van der Waals surface area contributed by atoms with E-state index in [4.69, 9.17) is 0 Å². The standard InChI is InChI=1S/C13H15BrN2S/c1-9-5-11(3-4-12(9)14)6-15-7-13-10(2)16-8-17-13/h3-5,8,15H,6-7H2,1-2H3. The van der Waals surface area contributed by atoms with Crippen molar-refractivity contribution in [2.75, 3.05) is 0 Å². The lowest BCUT2D eigenvalue weighted by Gasteiger charge is -2.06. The van der Waals surface area contributed by atoms with E-state index in [1.54, 1.807) is 11.3 Å². The zero-order chi connectivity index (χ0) is 12.3. The van der Waals surface area contributed by atoms with Gasteiger partial charge in [-0.3, -0.25) is 0 Å². The highest BCUT2D eigenvalue weighted by atomic mass is 79.9. The molecule has 0 spiro atoms. The van der Waals surface area contributed by atoms with Crippen molar-refractivity contribution in [3.63, 3.8) is 0 Å². The highest BCUT2D eigenvalue weighted by Crippen LogP contribution is 2.17. The van der Waals surface area contributed by atoms with Gasteiger partial charge in [0.15, 0.2) is 0 Å². The van der Waals surface area contributed by atoms with Crippen LogP contribution in [0.3, 0.4) is 0 Å². The molecule has 0 saturated heterocycles. The summed E-state index contributed by atoms with van der Waals surface area (Å²) in [5, 5.41) is 3.45. The van der Waals surface area contributed by atoms with Crippen LogP contribution < -0.4 is 5.32 Å². The molecule has 4 heteroatoms. The summed E-state index contributed by atoms with van der Waals surface area (Å²) in [6.07, 6.45) is 0. The van der Waals surface area contributed by atoms with Gasteiger partial charge in [-0.15, -0.1) is 11.3 Å². The van der Waals surface area contributed by atoms with Gasteiger partial charge in [-0.05, 0) is 31.0 Å². The van der Waals surface area contributed by atoms with Crippen LogP contribution in [0.1, 0.15) is 21.7 Å². The number of halogens is 1. The topological polar surface area (TPSA) is 24.9 Å². The van der Waals surface area contributed by atoms with E-state index in [1.165, 1.54) is 20.5 Å². The van der Waals surface area contributed by atoms with E-state index in [0.717, 1.165) is 18.8 Å². The molecular formula is C13H15BrN2S. The molecule has 1 aromatic heterocycles. The maximum absolute atomic E-state index is 4.24. The van der Waals surface area contributed by atoms with Crippen molar-refractivity contribution < 1.29 is 0 Å². The third kappa shape index (κ3) is 3.37. The molecule has 2 nitrogen and oxygen atoms in total. The Labute approximate surface area is 114 Å². The molecule has 1 N–H and O–H groups in total. The van der Waals surface area contributed by atoms with Crippen molar-refractivity contribution in [1.82, 2.24) is 10.3 Å². The minimum Gasteiger partial charge on any atom is -0.308 e. The summed E-state index contributed by atoms with van der Waals surface area (Å²) in [7, 11) is 0. The van der Waals surface area contributed by atoms with E-state index in [1.807, 2.05) is 5.51 Å². The van der Waals surface area contributed by atoms with Crippen molar-refractivity contribution in [1.29, 1.82) is 0 Å². The minimum absolute atomic E-state index is 0.894.